The van der Waals surface area contributed by atoms with E-state index in [0.29, 0.717) is 5.69 Å². The molecule has 3 rings (SSSR count). The lowest BCUT2D eigenvalue weighted by molar-refractivity contribution is 0.0933. The largest absolute Gasteiger partial charge is 0.384 e. The lowest BCUT2D eigenvalue weighted by atomic mass is 10.1. The van der Waals surface area contributed by atoms with Crippen molar-refractivity contribution in [3.05, 3.63) is 59.4 Å². The zero-order valence-corrected chi connectivity index (χ0v) is 12.1. The molecule has 4 heteroatoms. The van der Waals surface area contributed by atoms with Crippen LogP contribution in [0.15, 0.2) is 42.6 Å². The number of anilines is 1. The second-order valence-electron chi connectivity index (χ2n) is 5.31. The van der Waals surface area contributed by atoms with Crippen molar-refractivity contribution < 1.29 is 4.79 Å². The highest BCUT2D eigenvalue weighted by Crippen LogP contribution is 2.21. The number of rotatable bonds is 4. The number of benzene rings is 1. The fraction of sp³-hybridized carbons (Fsp3) is 0.294. The quantitative estimate of drug-likeness (QED) is 0.905. The minimum absolute atomic E-state index is 0.101. The highest BCUT2D eigenvalue weighted by molar-refractivity contribution is 5.92. The minimum atomic E-state index is -0.101. The van der Waals surface area contributed by atoms with Crippen LogP contribution in [0.25, 0.3) is 0 Å². The van der Waals surface area contributed by atoms with E-state index in [-0.39, 0.29) is 11.9 Å². The summed E-state index contributed by atoms with van der Waals surface area (Å²) in [6, 6.07) is 12.2. The van der Waals surface area contributed by atoms with Crippen molar-refractivity contribution in [2.45, 2.75) is 25.8 Å². The van der Waals surface area contributed by atoms with E-state index in [1.165, 1.54) is 11.1 Å². The molecule has 0 saturated heterocycles. The van der Waals surface area contributed by atoms with E-state index in [1.54, 1.807) is 12.3 Å². The first kappa shape index (κ1) is 13.6. The Bertz CT molecular complexity index is 612. The van der Waals surface area contributed by atoms with Gasteiger partial charge in [0.2, 0.25) is 0 Å². The van der Waals surface area contributed by atoms with E-state index in [4.69, 9.17) is 0 Å². The molecule has 4 nitrogen and oxygen atoms in total. The summed E-state index contributed by atoms with van der Waals surface area (Å²) in [5, 5.41) is 6.24. The van der Waals surface area contributed by atoms with Crippen molar-refractivity contribution >= 4 is 11.6 Å². The molecule has 1 aliphatic carbocycles. The predicted octanol–water partition coefficient (Wildman–Crippen LogP) is 2.41. The fourth-order valence-electron chi connectivity index (χ4n) is 2.76. The third kappa shape index (κ3) is 3.05. The van der Waals surface area contributed by atoms with Gasteiger partial charge in [-0.2, -0.15) is 0 Å². The molecule has 0 bridgehead atoms. The van der Waals surface area contributed by atoms with Gasteiger partial charge in [0.25, 0.3) is 5.91 Å². The molecule has 0 saturated carbocycles. The molecule has 1 aromatic heterocycles. The van der Waals surface area contributed by atoms with Crippen LogP contribution < -0.4 is 10.6 Å². The normalized spacial score (nSPS) is 13.8. The third-order valence-electron chi connectivity index (χ3n) is 3.76. The summed E-state index contributed by atoms with van der Waals surface area (Å²) >= 11 is 0. The van der Waals surface area contributed by atoms with Gasteiger partial charge in [-0.1, -0.05) is 24.3 Å². The van der Waals surface area contributed by atoms with Crippen LogP contribution >= 0.6 is 0 Å². The van der Waals surface area contributed by atoms with Crippen LogP contribution in [0.5, 0.6) is 0 Å². The summed E-state index contributed by atoms with van der Waals surface area (Å²) in [7, 11) is 0. The van der Waals surface area contributed by atoms with E-state index < -0.39 is 0 Å². The molecule has 0 radical (unpaired) electrons. The first-order valence-electron chi connectivity index (χ1n) is 7.34. The average molecular weight is 281 g/mol. The molecule has 1 aliphatic rings. The van der Waals surface area contributed by atoms with E-state index in [2.05, 4.69) is 27.8 Å². The Hall–Kier alpha value is -2.36. The molecule has 0 aliphatic heterocycles. The third-order valence-corrected chi connectivity index (χ3v) is 3.76. The summed E-state index contributed by atoms with van der Waals surface area (Å²) in [6.45, 7) is 2.87. The van der Waals surface area contributed by atoms with Gasteiger partial charge in [0.05, 0.1) is 11.9 Å². The van der Waals surface area contributed by atoms with Gasteiger partial charge >= 0.3 is 0 Å². The standard InChI is InChI=1S/C17H19N3O/c1-2-18-14-7-8-16(19-11-14)17(21)20-15-9-12-5-3-4-6-13(12)10-15/h3-8,11,15,18H,2,9-10H2,1H3,(H,20,21). The van der Waals surface area contributed by atoms with Crippen molar-refractivity contribution in [2.75, 3.05) is 11.9 Å². The number of carbonyl (C=O) groups excluding carboxylic acids is 1. The van der Waals surface area contributed by atoms with Crippen LogP contribution in [-0.2, 0) is 12.8 Å². The predicted molar refractivity (Wildman–Crippen MR) is 83.5 cm³/mol. The molecule has 2 N–H and O–H groups in total. The molecular formula is C17H19N3O. The van der Waals surface area contributed by atoms with Crippen molar-refractivity contribution in [3.63, 3.8) is 0 Å². The van der Waals surface area contributed by atoms with Gasteiger partial charge in [-0.3, -0.25) is 4.79 Å². The first-order valence-corrected chi connectivity index (χ1v) is 7.34. The van der Waals surface area contributed by atoms with Gasteiger partial charge in [-0.15, -0.1) is 0 Å². The van der Waals surface area contributed by atoms with Crippen LogP contribution in [0.2, 0.25) is 0 Å². The van der Waals surface area contributed by atoms with Gasteiger partial charge in [0, 0.05) is 12.6 Å². The number of carbonyl (C=O) groups is 1. The first-order chi connectivity index (χ1) is 10.3. The number of amides is 1. The second-order valence-corrected chi connectivity index (χ2v) is 5.31. The van der Waals surface area contributed by atoms with Crippen LogP contribution in [0, 0.1) is 0 Å². The summed E-state index contributed by atoms with van der Waals surface area (Å²) in [6.07, 6.45) is 3.50. The van der Waals surface area contributed by atoms with Gasteiger partial charge in [0.1, 0.15) is 5.69 Å². The Morgan fingerprint density at radius 1 is 1.19 bits per heavy atom. The molecule has 1 heterocycles. The smallest absolute Gasteiger partial charge is 0.270 e. The van der Waals surface area contributed by atoms with Crippen LogP contribution in [0.4, 0.5) is 5.69 Å². The van der Waals surface area contributed by atoms with Crippen molar-refractivity contribution in [1.29, 1.82) is 0 Å². The maximum Gasteiger partial charge on any atom is 0.270 e. The maximum absolute atomic E-state index is 12.2. The van der Waals surface area contributed by atoms with Gasteiger partial charge in [-0.05, 0) is 43.0 Å². The highest BCUT2D eigenvalue weighted by atomic mass is 16.1. The number of fused-ring (bicyclic) bond motifs is 1. The Labute approximate surface area is 124 Å². The van der Waals surface area contributed by atoms with Crippen LogP contribution in [0.1, 0.15) is 28.5 Å². The SMILES string of the molecule is CCNc1ccc(C(=O)NC2Cc3ccccc3C2)nc1. The molecule has 2 aromatic rings. The lowest BCUT2D eigenvalue weighted by Crippen LogP contribution is -2.35. The Morgan fingerprint density at radius 3 is 2.48 bits per heavy atom. The number of hydrogen-bond acceptors (Lipinski definition) is 3. The molecule has 1 amide bonds. The highest BCUT2D eigenvalue weighted by Gasteiger charge is 2.23. The Morgan fingerprint density at radius 2 is 1.90 bits per heavy atom. The monoisotopic (exact) mass is 281 g/mol. The van der Waals surface area contributed by atoms with Crippen molar-refractivity contribution in [3.8, 4) is 0 Å². The minimum Gasteiger partial charge on any atom is -0.384 e. The number of hydrogen-bond donors (Lipinski definition) is 2. The Kier molecular flexibility index (Phi) is 3.86. The maximum atomic E-state index is 12.2. The lowest BCUT2D eigenvalue weighted by Gasteiger charge is -2.12. The summed E-state index contributed by atoms with van der Waals surface area (Å²) in [4.78, 5) is 16.4. The topological polar surface area (TPSA) is 54.0 Å². The van der Waals surface area contributed by atoms with Gasteiger partial charge in [0.15, 0.2) is 0 Å². The van der Waals surface area contributed by atoms with Gasteiger partial charge in [-0.25, -0.2) is 4.98 Å². The van der Waals surface area contributed by atoms with E-state index in [1.807, 2.05) is 25.1 Å². The summed E-state index contributed by atoms with van der Waals surface area (Å²) < 4.78 is 0. The van der Waals surface area contributed by atoms with Crippen molar-refractivity contribution in [1.82, 2.24) is 10.3 Å². The second kappa shape index (κ2) is 5.95. The molecule has 0 atom stereocenters. The number of nitrogens with zero attached hydrogens (tertiary/aromatic N) is 1. The van der Waals surface area contributed by atoms with Gasteiger partial charge < -0.3 is 10.6 Å². The molecule has 0 spiro atoms. The average Bonchev–Trinajstić information content (AvgIpc) is 2.90. The van der Waals surface area contributed by atoms with Crippen molar-refractivity contribution in [2.24, 2.45) is 0 Å². The molecule has 108 valence electrons. The molecule has 21 heavy (non-hydrogen) atoms. The summed E-state index contributed by atoms with van der Waals surface area (Å²) in [5.41, 5.74) is 4.06. The summed E-state index contributed by atoms with van der Waals surface area (Å²) in [5.74, 6) is -0.101. The molecule has 0 unspecified atom stereocenters. The molecule has 1 aromatic carbocycles. The molecule has 0 fully saturated rings. The molecular weight excluding hydrogens is 262 g/mol. The van der Waals surface area contributed by atoms with E-state index in [0.717, 1.165) is 25.1 Å². The van der Waals surface area contributed by atoms with E-state index in [9.17, 15) is 4.79 Å². The van der Waals surface area contributed by atoms with E-state index >= 15 is 0 Å². The van der Waals surface area contributed by atoms with Crippen LogP contribution in [0.3, 0.4) is 0 Å². The zero-order chi connectivity index (χ0) is 14.7. The number of nitrogens with one attached hydrogen (secondary N) is 2. The fourth-order valence-corrected chi connectivity index (χ4v) is 2.76. The number of aromatic nitrogens is 1. The zero-order valence-electron chi connectivity index (χ0n) is 12.1. The Balaban J connectivity index is 1.62. The van der Waals surface area contributed by atoms with Crippen LogP contribution in [-0.4, -0.2) is 23.5 Å². The number of pyridine rings is 1.